The highest BCUT2D eigenvalue weighted by Crippen LogP contribution is 2.30. The Morgan fingerprint density at radius 3 is 2.45 bits per heavy atom. The maximum atomic E-state index is 13.2. The molecule has 0 spiro atoms. The number of hydrogen-bond acceptors (Lipinski definition) is 5. The Bertz CT molecular complexity index is 1060. The smallest absolute Gasteiger partial charge is 0.231 e. The van der Waals surface area contributed by atoms with E-state index in [2.05, 4.69) is 0 Å². The molecule has 29 heavy (non-hydrogen) atoms. The van der Waals surface area contributed by atoms with Crippen molar-refractivity contribution < 1.29 is 22.7 Å². The second kappa shape index (κ2) is 8.47. The van der Waals surface area contributed by atoms with Crippen LogP contribution in [0.3, 0.4) is 0 Å². The molecule has 2 aromatic carbocycles. The molecular formula is C21H22ClNO5S. The average Bonchev–Trinajstić information content (AvgIpc) is 3.03. The number of aryl methyl sites for hydroxylation is 1. The second-order valence-electron chi connectivity index (χ2n) is 6.79. The van der Waals surface area contributed by atoms with Crippen LogP contribution in [-0.4, -0.2) is 40.3 Å². The van der Waals surface area contributed by atoms with E-state index in [-0.39, 0.29) is 18.1 Å². The van der Waals surface area contributed by atoms with E-state index in [1.807, 2.05) is 13.0 Å². The van der Waals surface area contributed by atoms with E-state index >= 15 is 0 Å². The highest BCUT2D eigenvalue weighted by Gasteiger charge is 2.31. The molecule has 3 rings (SSSR count). The van der Waals surface area contributed by atoms with Gasteiger partial charge in [-0.3, -0.25) is 4.79 Å². The van der Waals surface area contributed by atoms with Crippen molar-refractivity contribution in [3.05, 3.63) is 64.0 Å². The van der Waals surface area contributed by atoms with Crippen LogP contribution >= 0.6 is 11.6 Å². The number of carbonyl (C=O) groups excluding carboxylic acids is 1. The number of nitrogens with zero attached hydrogens (tertiary/aromatic N) is 1. The minimum absolute atomic E-state index is 0.0657. The number of sulfone groups is 1. The lowest BCUT2D eigenvalue weighted by atomic mass is 10.1. The van der Waals surface area contributed by atoms with Crippen LogP contribution in [0.15, 0.2) is 47.9 Å². The number of benzene rings is 2. The fourth-order valence-corrected chi connectivity index (χ4v) is 4.67. The summed E-state index contributed by atoms with van der Waals surface area (Å²) in [7, 11) is -0.271. The Morgan fingerprint density at radius 2 is 1.86 bits per heavy atom. The topological polar surface area (TPSA) is 72.9 Å². The fraction of sp³-hybridized carbons (Fsp3) is 0.286. The van der Waals surface area contributed by atoms with Crippen molar-refractivity contribution in [3.8, 4) is 11.5 Å². The second-order valence-corrected chi connectivity index (χ2v) is 9.13. The first kappa shape index (κ1) is 21.2. The van der Waals surface area contributed by atoms with Crippen LogP contribution in [0.25, 0.3) is 0 Å². The molecule has 0 unspecified atom stereocenters. The first-order valence-electron chi connectivity index (χ1n) is 8.94. The number of anilines is 1. The predicted molar refractivity (Wildman–Crippen MR) is 114 cm³/mol. The van der Waals surface area contributed by atoms with Crippen LogP contribution < -0.4 is 14.4 Å². The third-order valence-corrected chi connectivity index (χ3v) is 6.53. The highest BCUT2D eigenvalue weighted by molar-refractivity contribution is 7.94. The van der Waals surface area contributed by atoms with Crippen molar-refractivity contribution in [1.29, 1.82) is 0 Å². The maximum Gasteiger partial charge on any atom is 0.231 e. The molecule has 0 N–H and O–H groups in total. The summed E-state index contributed by atoms with van der Waals surface area (Å²) in [6.07, 6.45) is 1.60. The van der Waals surface area contributed by atoms with Crippen molar-refractivity contribution in [2.45, 2.75) is 19.4 Å². The molecule has 0 saturated carbocycles. The van der Waals surface area contributed by atoms with E-state index in [0.717, 1.165) is 16.5 Å². The predicted octanol–water partition coefficient (Wildman–Crippen LogP) is 3.55. The van der Waals surface area contributed by atoms with E-state index in [9.17, 15) is 13.2 Å². The molecule has 0 saturated heterocycles. The molecule has 1 atom stereocenters. The summed E-state index contributed by atoms with van der Waals surface area (Å²) in [4.78, 5) is 14.7. The Labute approximate surface area is 175 Å². The number of carbonyl (C=O) groups is 1. The Balaban J connectivity index is 1.94. The molecule has 0 fully saturated rings. The third-order valence-electron chi connectivity index (χ3n) is 4.75. The lowest BCUT2D eigenvalue weighted by molar-refractivity contribution is -0.118. The molecule has 1 amide bonds. The maximum absolute atomic E-state index is 13.2. The lowest BCUT2D eigenvalue weighted by Crippen LogP contribution is -2.42. The number of rotatable bonds is 6. The summed E-state index contributed by atoms with van der Waals surface area (Å²) in [5.74, 6) is 0.682. The fourth-order valence-electron chi connectivity index (χ4n) is 3.22. The first-order valence-corrected chi connectivity index (χ1v) is 11.0. The number of ether oxygens (including phenoxy) is 2. The van der Waals surface area contributed by atoms with Gasteiger partial charge in [-0.1, -0.05) is 23.7 Å². The van der Waals surface area contributed by atoms with Crippen molar-refractivity contribution in [3.63, 3.8) is 0 Å². The summed E-state index contributed by atoms with van der Waals surface area (Å²) in [5.41, 5.74) is 2.15. The van der Waals surface area contributed by atoms with Gasteiger partial charge in [0.05, 0.1) is 32.4 Å². The van der Waals surface area contributed by atoms with Crippen molar-refractivity contribution in [2.75, 3.05) is 24.9 Å². The standard InChI is InChI=1S/C21H22ClNO5S/c1-14-4-6-16(12-18(14)22)23(17-8-9-29(25,26)13-17)21(24)11-15-5-7-19(27-2)20(10-15)28-3/h4-10,12,17H,11,13H2,1-3H3/t17-/m1/s1. The molecule has 1 aliphatic rings. The number of amides is 1. The lowest BCUT2D eigenvalue weighted by Gasteiger charge is -2.28. The Kier molecular flexibility index (Phi) is 6.19. The Hall–Kier alpha value is -2.51. The normalized spacial score (nSPS) is 17.2. The minimum atomic E-state index is -3.34. The summed E-state index contributed by atoms with van der Waals surface area (Å²) in [6, 6.07) is 9.91. The summed E-state index contributed by atoms with van der Waals surface area (Å²) in [6.45, 7) is 1.86. The molecule has 0 bridgehead atoms. The van der Waals surface area contributed by atoms with Gasteiger partial charge in [0.2, 0.25) is 5.91 Å². The SMILES string of the molecule is COc1ccc(CC(=O)N(c2ccc(C)c(Cl)c2)[C@@H]2C=CS(=O)(=O)C2)cc1OC. The zero-order valence-electron chi connectivity index (χ0n) is 16.4. The molecule has 2 aromatic rings. The molecule has 1 aliphatic heterocycles. The van der Waals surface area contributed by atoms with Crippen LogP contribution in [0, 0.1) is 6.92 Å². The molecule has 6 nitrogen and oxygen atoms in total. The van der Waals surface area contributed by atoms with Crippen molar-refractivity contribution in [2.24, 2.45) is 0 Å². The summed E-state index contributed by atoms with van der Waals surface area (Å²) >= 11 is 6.25. The summed E-state index contributed by atoms with van der Waals surface area (Å²) in [5, 5.41) is 1.67. The largest absolute Gasteiger partial charge is 0.493 e. The van der Waals surface area contributed by atoms with Gasteiger partial charge in [-0.25, -0.2) is 8.42 Å². The van der Waals surface area contributed by atoms with E-state index in [1.54, 1.807) is 37.4 Å². The van der Waals surface area contributed by atoms with Gasteiger partial charge in [0.1, 0.15) is 0 Å². The first-order chi connectivity index (χ1) is 13.7. The molecule has 0 aliphatic carbocycles. The molecule has 0 radical (unpaired) electrons. The van der Waals surface area contributed by atoms with Gasteiger partial charge in [-0.2, -0.15) is 0 Å². The van der Waals surface area contributed by atoms with Crippen LogP contribution in [0.5, 0.6) is 11.5 Å². The van der Waals surface area contributed by atoms with Gasteiger partial charge in [-0.05, 0) is 48.4 Å². The zero-order chi connectivity index (χ0) is 21.2. The van der Waals surface area contributed by atoms with E-state index in [1.165, 1.54) is 18.1 Å². The molecule has 8 heteroatoms. The van der Waals surface area contributed by atoms with Crippen molar-refractivity contribution in [1.82, 2.24) is 0 Å². The van der Waals surface area contributed by atoms with Crippen molar-refractivity contribution >= 4 is 33.0 Å². The monoisotopic (exact) mass is 435 g/mol. The van der Waals surface area contributed by atoms with Crippen LogP contribution in [0.4, 0.5) is 5.69 Å². The van der Waals surface area contributed by atoms with Gasteiger partial charge in [0.25, 0.3) is 0 Å². The quantitative estimate of drug-likeness (QED) is 0.693. The average molecular weight is 436 g/mol. The van der Waals surface area contributed by atoms with Gasteiger partial charge in [0, 0.05) is 16.1 Å². The van der Waals surface area contributed by atoms with Gasteiger partial charge in [0.15, 0.2) is 21.3 Å². The van der Waals surface area contributed by atoms with Gasteiger partial charge in [-0.15, -0.1) is 0 Å². The van der Waals surface area contributed by atoms with Crippen LogP contribution in [-0.2, 0) is 21.1 Å². The van der Waals surface area contributed by atoms with Crippen LogP contribution in [0.1, 0.15) is 11.1 Å². The van der Waals surface area contributed by atoms with Gasteiger partial charge >= 0.3 is 0 Å². The summed E-state index contributed by atoms with van der Waals surface area (Å²) < 4.78 is 34.4. The van der Waals surface area contributed by atoms with E-state index in [4.69, 9.17) is 21.1 Å². The molecule has 0 aromatic heterocycles. The van der Waals surface area contributed by atoms with Crippen LogP contribution in [0.2, 0.25) is 5.02 Å². The molecular weight excluding hydrogens is 414 g/mol. The number of halogens is 1. The number of hydrogen-bond donors (Lipinski definition) is 0. The van der Waals surface area contributed by atoms with E-state index < -0.39 is 15.9 Å². The minimum Gasteiger partial charge on any atom is -0.493 e. The van der Waals surface area contributed by atoms with Gasteiger partial charge < -0.3 is 14.4 Å². The highest BCUT2D eigenvalue weighted by atomic mass is 35.5. The number of methoxy groups -OCH3 is 2. The zero-order valence-corrected chi connectivity index (χ0v) is 18.0. The molecule has 1 heterocycles. The van der Waals surface area contributed by atoms with E-state index in [0.29, 0.717) is 22.2 Å². The molecule has 154 valence electrons. The third kappa shape index (κ3) is 4.74. The Morgan fingerprint density at radius 1 is 1.14 bits per heavy atom.